The summed E-state index contributed by atoms with van der Waals surface area (Å²) in [7, 11) is 0. The molecule has 0 bridgehead atoms. The number of amides is 2. The minimum absolute atomic E-state index is 0.0354. The second-order valence-electron chi connectivity index (χ2n) is 12.1. The Morgan fingerprint density at radius 2 is 0.950 bits per heavy atom. The van der Waals surface area contributed by atoms with E-state index in [0.717, 1.165) is 0 Å². The van der Waals surface area contributed by atoms with Crippen LogP contribution in [0.5, 0.6) is 0 Å². The van der Waals surface area contributed by atoms with Crippen LogP contribution in [-0.2, 0) is 0 Å². The highest BCUT2D eigenvalue weighted by Crippen LogP contribution is 2.20. The molecular weight excluding hydrogens is 508 g/mol. The molecule has 40 heavy (non-hydrogen) atoms. The summed E-state index contributed by atoms with van der Waals surface area (Å²) < 4.78 is 11.0. The average molecular weight is 547 g/mol. The van der Waals surface area contributed by atoms with Crippen molar-refractivity contribution < 1.29 is 18.4 Å². The molecule has 2 atom stereocenters. The second-order valence-corrected chi connectivity index (χ2v) is 12.1. The number of carbonyl (C=O) groups excluding carboxylic acids is 2. The maximum Gasteiger partial charge on any atom is 0.287 e. The molecule has 8 heteroatoms. The molecule has 0 saturated heterocycles. The minimum Gasteiger partial charge on any atom is -0.451 e. The highest BCUT2D eigenvalue weighted by molar-refractivity contribution is 5.94. The van der Waals surface area contributed by atoms with Gasteiger partial charge in [-0.05, 0) is 48.9 Å². The first kappa shape index (κ1) is 30.3. The predicted octanol–water partition coefficient (Wildman–Crippen LogP) is 5.91. The Kier molecular flexibility index (Phi) is 9.03. The SMILES string of the molecule is C[C@@H](NC(=O)c1cc(=O)c2ccccc2o1)C(C)(C)C.C[C@@H](NC(=O)c1cc(=O)c2ccccc2o1)C(C)(C)C. The van der Waals surface area contributed by atoms with Gasteiger partial charge in [0.1, 0.15) is 11.2 Å². The smallest absolute Gasteiger partial charge is 0.287 e. The first-order chi connectivity index (χ1) is 18.6. The molecule has 2 aromatic carbocycles. The van der Waals surface area contributed by atoms with Crippen LogP contribution in [0.2, 0.25) is 0 Å². The molecule has 4 aromatic rings. The fourth-order valence-corrected chi connectivity index (χ4v) is 3.40. The van der Waals surface area contributed by atoms with Gasteiger partial charge in [-0.2, -0.15) is 0 Å². The van der Waals surface area contributed by atoms with Crippen LogP contribution in [0, 0.1) is 10.8 Å². The highest BCUT2D eigenvalue weighted by Gasteiger charge is 2.24. The summed E-state index contributed by atoms with van der Waals surface area (Å²) in [6, 6.07) is 16.2. The van der Waals surface area contributed by atoms with E-state index in [4.69, 9.17) is 8.83 Å². The summed E-state index contributed by atoms with van der Waals surface area (Å²) in [6.07, 6.45) is 0. The van der Waals surface area contributed by atoms with Crippen molar-refractivity contribution in [2.75, 3.05) is 0 Å². The lowest BCUT2D eigenvalue weighted by Gasteiger charge is -2.27. The van der Waals surface area contributed by atoms with Gasteiger partial charge in [0.15, 0.2) is 22.4 Å². The van der Waals surface area contributed by atoms with Crippen LogP contribution in [0.1, 0.15) is 76.5 Å². The molecule has 0 aliphatic heterocycles. The lowest BCUT2D eigenvalue weighted by molar-refractivity contribution is 0.0875. The van der Waals surface area contributed by atoms with E-state index >= 15 is 0 Å². The van der Waals surface area contributed by atoms with E-state index in [1.807, 2.05) is 55.4 Å². The number of nitrogens with one attached hydrogen (secondary N) is 2. The zero-order valence-electron chi connectivity index (χ0n) is 24.4. The third-order valence-electron chi connectivity index (χ3n) is 7.01. The van der Waals surface area contributed by atoms with Gasteiger partial charge in [0.05, 0.1) is 10.8 Å². The minimum atomic E-state index is -0.365. The van der Waals surface area contributed by atoms with Gasteiger partial charge in [0.25, 0.3) is 11.8 Å². The predicted molar refractivity (Wildman–Crippen MR) is 158 cm³/mol. The number of rotatable bonds is 4. The number of hydrogen-bond donors (Lipinski definition) is 2. The normalized spacial score (nSPS) is 13.2. The molecular formula is C32H38N2O6. The first-order valence-corrected chi connectivity index (χ1v) is 13.3. The van der Waals surface area contributed by atoms with Gasteiger partial charge in [-0.3, -0.25) is 19.2 Å². The molecule has 0 saturated carbocycles. The summed E-state index contributed by atoms with van der Waals surface area (Å²) in [5.74, 6) is -0.639. The van der Waals surface area contributed by atoms with Gasteiger partial charge in [0, 0.05) is 24.2 Å². The maximum atomic E-state index is 12.2. The molecule has 4 rings (SSSR count). The molecule has 2 N–H and O–H groups in total. The standard InChI is InChI=1S/2C16H19NO3/c2*1-10(16(2,3)4)17-15(19)14-9-12(18)11-7-5-6-8-13(11)20-14/h2*5-10H,1-4H3,(H,17,19)/t2*10-/m11/s1. The van der Waals surface area contributed by atoms with Crippen molar-refractivity contribution in [3.05, 3.63) is 92.6 Å². The Morgan fingerprint density at radius 1 is 0.625 bits per heavy atom. The fourth-order valence-electron chi connectivity index (χ4n) is 3.40. The van der Waals surface area contributed by atoms with Crippen LogP contribution >= 0.6 is 0 Å². The van der Waals surface area contributed by atoms with E-state index < -0.39 is 0 Å². The number of benzene rings is 2. The molecule has 0 fully saturated rings. The zero-order chi connectivity index (χ0) is 29.8. The molecule has 0 aliphatic rings. The van der Waals surface area contributed by atoms with Crippen LogP contribution in [0.25, 0.3) is 21.9 Å². The summed E-state index contributed by atoms with van der Waals surface area (Å²) in [4.78, 5) is 48.2. The van der Waals surface area contributed by atoms with Crippen molar-refractivity contribution in [3.8, 4) is 0 Å². The van der Waals surface area contributed by atoms with Crippen molar-refractivity contribution in [3.63, 3.8) is 0 Å². The van der Waals surface area contributed by atoms with Gasteiger partial charge in [-0.25, -0.2) is 0 Å². The zero-order valence-corrected chi connectivity index (χ0v) is 24.4. The van der Waals surface area contributed by atoms with Crippen LogP contribution in [0.15, 0.2) is 79.1 Å². The molecule has 212 valence electrons. The Hall–Kier alpha value is -4.20. The van der Waals surface area contributed by atoms with Gasteiger partial charge >= 0.3 is 0 Å². The van der Waals surface area contributed by atoms with Crippen LogP contribution in [0.4, 0.5) is 0 Å². The largest absolute Gasteiger partial charge is 0.451 e. The molecule has 8 nitrogen and oxygen atoms in total. The number of fused-ring (bicyclic) bond motifs is 2. The third kappa shape index (κ3) is 7.46. The van der Waals surface area contributed by atoms with Gasteiger partial charge < -0.3 is 19.5 Å². The average Bonchev–Trinajstić information content (AvgIpc) is 2.87. The van der Waals surface area contributed by atoms with Gasteiger partial charge in [0.2, 0.25) is 0 Å². The molecule has 2 aromatic heterocycles. The van der Waals surface area contributed by atoms with Gasteiger partial charge in [-0.15, -0.1) is 0 Å². The summed E-state index contributed by atoms with van der Waals surface area (Å²) in [5, 5.41) is 6.67. The summed E-state index contributed by atoms with van der Waals surface area (Å²) in [6.45, 7) is 16.1. The van der Waals surface area contributed by atoms with Crippen LogP contribution in [0.3, 0.4) is 0 Å². The molecule has 2 heterocycles. The maximum absolute atomic E-state index is 12.2. The molecule has 0 aliphatic carbocycles. The Bertz CT molecular complexity index is 1510. The number of para-hydroxylation sites is 2. The van der Waals surface area contributed by atoms with Crippen molar-refractivity contribution in [1.29, 1.82) is 0 Å². The molecule has 0 radical (unpaired) electrons. The van der Waals surface area contributed by atoms with Crippen molar-refractivity contribution in [2.45, 2.75) is 67.5 Å². The number of carbonyl (C=O) groups is 2. The second kappa shape index (κ2) is 11.9. The van der Waals surface area contributed by atoms with E-state index in [9.17, 15) is 19.2 Å². The molecule has 0 unspecified atom stereocenters. The first-order valence-electron chi connectivity index (χ1n) is 13.3. The third-order valence-corrected chi connectivity index (χ3v) is 7.01. The van der Waals surface area contributed by atoms with E-state index in [2.05, 4.69) is 10.6 Å². The van der Waals surface area contributed by atoms with Crippen molar-refractivity contribution in [1.82, 2.24) is 10.6 Å². The monoisotopic (exact) mass is 546 g/mol. The number of hydrogen-bond acceptors (Lipinski definition) is 6. The highest BCUT2D eigenvalue weighted by atomic mass is 16.3. The molecule has 0 spiro atoms. The Morgan fingerprint density at radius 3 is 1.27 bits per heavy atom. The fraction of sp³-hybridized carbons (Fsp3) is 0.375. The summed E-state index contributed by atoms with van der Waals surface area (Å²) in [5.41, 5.74) is 0.308. The van der Waals surface area contributed by atoms with Crippen molar-refractivity contribution >= 4 is 33.8 Å². The molecule has 2 amide bonds. The van der Waals surface area contributed by atoms with E-state index in [1.165, 1.54) is 12.1 Å². The van der Waals surface area contributed by atoms with E-state index in [-0.39, 0.29) is 57.1 Å². The van der Waals surface area contributed by atoms with Crippen molar-refractivity contribution in [2.24, 2.45) is 10.8 Å². The lowest BCUT2D eigenvalue weighted by Crippen LogP contribution is -2.41. The van der Waals surface area contributed by atoms with E-state index in [1.54, 1.807) is 48.5 Å². The van der Waals surface area contributed by atoms with Crippen LogP contribution < -0.4 is 21.5 Å². The quantitative estimate of drug-likeness (QED) is 0.328. The van der Waals surface area contributed by atoms with E-state index in [0.29, 0.717) is 21.9 Å². The summed E-state index contributed by atoms with van der Waals surface area (Å²) >= 11 is 0. The Balaban J connectivity index is 0.000000220. The topological polar surface area (TPSA) is 119 Å². The van der Waals surface area contributed by atoms with Crippen LogP contribution in [-0.4, -0.2) is 23.9 Å². The Labute approximate surface area is 233 Å². The van der Waals surface area contributed by atoms with Gasteiger partial charge in [-0.1, -0.05) is 65.8 Å². The lowest BCUT2D eigenvalue weighted by atomic mass is 9.88.